The SMILES string of the molecule is CCNC(C)c1ccc(N2CCC(C(C)C)C2)cn1. The van der Waals surface area contributed by atoms with Gasteiger partial charge in [0.05, 0.1) is 17.6 Å². The molecule has 0 saturated carbocycles. The van der Waals surface area contributed by atoms with Gasteiger partial charge in [0.25, 0.3) is 0 Å². The van der Waals surface area contributed by atoms with E-state index in [9.17, 15) is 0 Å². The molecular formula is C16H27N3. The van der Waals surface area contributed by atoms with Crippen molar-refractivity contribution in [2.75, 3.05) is 24.5 Å². The molecule has 1 aliphatic rings. The molecule has 106 valence electrons. The molecule has 1 fully saturated rings. The number of aromatic nitrogens is 1. The maximum Gasteiger partial charge on any atom is 0.0572 e. The van der Waals surface area contributed by atoms with Crippen molar-refractivity contribution >= 4 is 5.69 Å². The van der Waals surface area contributed by atoms with Crippen LogP contribution in [-0.4, -0.2) is 24.6 Å². The lowest BCUT2D eigenvalue weighted by Crippen LogP contribution is -2.22. The van der Waals surface area contributed by atoms with E-state index in [1.54, 1.807) is 0 Å². The number of hydrogen-bond acceptors (Lipinski definition) is 3. The molecule has 3 heteroatoms. The van der Waals surface area contributed by atoms with Crippen LogP contribution in [0, 0.1) is 11.8 Å². The second-order valence-electron chi connectivity index (χ2n) is 5.96. The first-order valence-corrected chi connectivity index (χ1v) is 7.56. The van der Waals surface area contributed by atoms with Crippen LogP contribution in [0.25, 0.3) is 0 Å². The predicted molar refractivity (Wildman–Crippen MR) is 81.5 cm³/mol. The topological polar surface area (TPSA) is 28.2 Å². The van der Waals surface area contributed by atoms with Gasteiger partial charge in [0.2, 0.25) is 0 Å². The fourth-order valence-corrected chi connectivity index (χ4v) is 2.82. The Balaban J connectivity index is 1.99. The van der Waals surface area contributed by atoms with Gasteiger partial charge in [-0.05, 0) is 43.9 Å². The summed E-state index contributed by atoms with van der Waals surface area (Å²) >= 11 is 0. The van der Waals surface area contributed by atoms with Crippen molar-refractivity contribution in [2.45, 2.75) is 40.2 Å². The number of rotatable bonds is 5. The van der Waals surface area contributed by atoms with E-state index in [1.807, 2.05) is 6.20 Å². The summed E-state index contributed by atoms with van der Waals surface area (Å²) < 4.78 is 0. The van der Waals surface area contributed by atoms with Crippen LogP contribution in [0.4, 0.5) is 5.69 Å². The standard InChI is InChI=1S/C16H27N3/c1-5-17-13(4)16-7-6-15(10-18-16)19-9-8-14(11-19)12(2)3/h6-7,10,12-14,17H,5,8-9,11H2,1-4H3. The van der Waals surface area contributed by atoms with Gasteiger partial charge in [-0.2, -0.15) is 0 Å². The largest absolute Gasteiger partial charge is 0.370 e. The second kappa shape index (κ2) is 6.38. The molecule has 3 nitrogen and oxygen atoms in total. The Morgan fingerprint density at radius 1 is 1.37 bits per heavy atom. The maximum atomic E-state index is 4.61. The van der Waals surface area contributed by atoms with Gasteiger partial charge >= 0.3 is 0 Å². The molecule has 1 saturated heterocycles. The average Bonchev–Trinajstić information content (AvgIpc) is 2.89. The first-order valence-electron chi connectivity index (χ1n) is 7.56. The molecule has 2 heterocycles. The van der Waals surface area contributed by atoms with Crippen LogP contribution in [0.5, 0.6) is 0 Å². The predicted octanol–water partition coefficient (Wildman–Crippen LogP) is 3.23. The molecule has 1 aliphatic heterocycles. The molecule has 1 aromatic rings. The number of anilines is 1. The first-order chi connectivity index (χ1) is 9.11. The molecule has 0 aromatic carbocycles. The Bertz CT molecular complexity index is 385. The van der Waals surface area contributed by atoms with Crippen LogP contribution in [0.2, 0.25) is 0 Å². The van der Waals surface area contributed by atoms with Crippen LogP contribution in [0.3, 0.4) is 0 Å². The Hall–Kier alpha value is -1.09. The molecule has 19 heavy (non-hydrogen) atoms. The Morgan fingerprint density at radius 2 is 2.16 bits per heavy atom. The van der Waals surface area contributed by atoms with E-state index < -0.39 is 0 Å². The van der Waals surface area contributed by atoms with Crippen LogP contribution in [0.1, 0.15) is 45.9 Å². The highest BCUT2D eigenvalue weighted by Crippen LogP contribution is 2.28. The molecule has 2 rings (SSSR count). The van der Waals surface area contributed by atoms with Gasteiger partial charge in [-0.25, -0.2) is 0 Å². The zero-order chi connectivity index (χ0) is 13.8. The summed E-state index contributed by atoms with van der Waals surface area (Å²) in [6, 6.07) is 4.71. The van der Waals surface area contributed by atoms with E-state index in [0.717, 1.165) is 24.1 Å². The third-order valence-corrected chi connectivity index (χ3v) is 4.26. The van der Waals surface area contributed by atoms with Gasteiger partial charge < -0.3 is 10.2 Å². The summed E-state index contributed by atoms with van der Waals surface area (Å²) in [4.78, 5) is 7.08. The zero-order valence-electron chi connectivity index (χ0n) is 12.7. The summed E-state index contributed by atoms with van der Waals surface area (Å²) in [6.45, 7) is 12.3. The molecule has 0 bridgehead atoms. The van der Waals surface area contributed by atoms with Crippen molar-refractivity contribution in [1.29, 1.82) is 0 Å². The zero-order valence-corrected chi connectivity index (χ0v) is 12.7. The van der Waals surface area contributed by atoms with Gasteiger partial charge in [0, 0.05) is 19.1 Å². The lowest BCUT2D eigenvalue weighted by atomic mass is 9.95. The molecule has 0 aliphatic carbocycles. The van der Waals surface area contributed by atoms with Crippen molar-refractivity contribution in [1.82, 2.24) is 10.3 Å². The quantitative estimate of drug-likeness (QED) is 0.882. The van der Waals surface area contributed by atoms with Gasteiger partial charge in [-0.1, -0.05) is 20.8 Å². The highest BCUT2D eigenvalue weighted by atomic mass is 15.2. The second-order valence-corrected chi connectivity index (χ2v) is 5.96. The molecule has 1 N–H and O–H groups in total. The first kappa shape index (κ1) is 14.3. The van der Waals surface area contributed by atoms with Gasteiger partial charge in [-0.15, -0.1) is 0 Å². The monoisotopic (exact) mass is 261 g/mol. The molecular weight excluding hydrogens is 234 g/mol. The molecule has 1 aromatic heterocycles. The van der Waals surface area contributed by atoms with Crippen LogP contribution in [0.15, 0.2) is 18.3 Å². The van der Waals surface area contributed by atoms with Crippen molar-refractivity contribution in [3.05, 3.63) is 24.0 Å². The van der Waals surface area contributed by atoms with E-state index in [0.29, 0.717) is 6.04 Å². The van der Waals surface area contributed by atoms with Gasteiger partial charge in [-0.3, -0.25) is 4.98 Å². The van der Waals surface area contributed by atoms with Crippen LogP contribution >= 0.6 is 0 Å². The number of hydrogen-bond donors (Lipinski definition) is 1. The van der Waals surface area contributed by atoms with E-state index in [2.05, 4.69) is 55.0 Å². The van der Waals surface area contributed by atoms with E-state index in [1.165, 1.54) is 25.2 Å². The lowest BCUT2D eigenvalue weighted by Gasteiger charge is -2.20. The minimum Gasteiger partial charge on any atom is -0.370 e. The fourth-order valence-electron chi connectivity index (χ4n) is 2.82. The van der Waals surface area contributed by atoms with Crippen LogP contribution < -0.4 is 10.2 Å². The highest BCUT2D eigenvalue weighted by Gasteiger charge is 2.25. The molecule has 0 spiro atoms. The van der Waals surface area contributed by atoms with Crippen LogP contribution in [-0.2, 0) is 0 Å². The Kier molecular flexibility index (Phi) is 4.81. The Morgan fingerprint density at radius 3 is 2.68 bits per heavy atom. The molecule has 0 radical (unpaired) electrons. The smallest absolute Gasteiger partial charge is 0.0572 e. The van der Waals surface area contributed by atoms with E-state index in [4.69, 9.17) is 0 Å². The summed E-state index contributed by atoms with van der Waals surface area (Å²) in [7, 11) is 0. The van der Waals surface area contributed by atoms with E-state index in [-0.39, 0.29) is 0 Å². The van der Waals surface area contributed by atoms with Crippen molar-refractivity contribution < 1.29 is 0 Å². The summed E-state index contributed by atoms with van der Waals surface area (Å²) in [5.74, 6) is 1.62. The average molecular weight is 261 g/mol. The molecule has 0 amide bonds. The van der Waals surface area contributed by atoms with Crippen molar-refractivity contribution in [2.24, 2.45) is 11.8 Å². The fraction of sp³-hybridized carbons (Fsp3) is 0.688. The summed E-state index contributed by atoms with van der Waals surface area (Å²) in [5, 5.41) is 3.40. The normalized spacial score (nSPS) is 21.1. The molecule has 2 atom stereocenters. The third-order valence-electron chi connectivity index (χ3n) is 4.26. The van der Waals surface area contributed by atoms with Gasteiger partial charge in [0.15, 0.2) is 0 Å². The minimum absolute atomic E-state index is 0.334. The van der Waals surface area contributed by atoms with Crippen molar-refractivity contribution in [3.8, 4) is 0 Å². The Labute approximate surface area is 117 Å². The minimum atomic E-state index is 0.334. The maximum absolute atomic E-state index is 4.61. The molecule has 2 unspecified atom stereocenters. The van der Waals surface area contributed by atoms with Gasteiger partial charge in [0.1, 0.15) is 0 Å². The highest BCUT2D eigenvalue weighted by molar-refractivity contribution is 5.45. The lowest BCUT2D eigenvalue weighted by molar-refractivity contribution is 0.423. The van der Waals surface area contributed by atoms with Crippen molar-refractivity contribution in [3.63, 3.8) is 0 Å². The number of nitrogens with zero attached hydrogens (tertiary/aromatic N) is 2. The third kappa shape index (κ3) is 3.47. The number of pyridine rings is 1. The summed E-state index contributed by atoms with van der Waals surface area (Å²) in [6.07, 6.45) is 3.35. The number of nitrogens with one attached hydrogen (secondary N) is 1. The summed E-state index contributed by atoms with van der Waals surface area (Å²) in [5.41, 5.74) is 2.40. The van der Waals surface area contributed by atoms with E-state index >= 15 is 0 Å².